The first-order valence-electron chi connectivity index (χ1n) is 6.51. The molecule has 2 aliphatic rings. The minimum Gasteiger partial charge on any atom is -0.467 e. The van der Waals surface area contributed by atoms with E-state index in [2.05, 4.69) is 5.32 Å². The van der Waals surface area contributed by atoms with E-state index in [4.69, 9.17) is 9.47 Å². The molecular formula is C13H21NO4. The second-order valence-corrected chi connectivity index (χ2v) is 5.51. The lowest BCUT2D eigenvalue weighted by Crippen LogP contribution is -2.57. The topological polar surface area (TPSA) is 64.6 Å². The number of hydrogen-bond acceptors (Lipinski definition) is 4. The van der Waals surface area contributed by atoms with Gasteiger partial charge in [0.05, 0.1) is 7.11 Å². The van der Waals surface area contributed by atoms with E-state index < -0.39 is 11.6 Å². The van der Waals surface area contributed by atoms with E-state index in [0.717, 1.165) is 19.3 Å². The van der Waals surface area contributed by atoms with Crippen LogP contribution < -0.4 is 5.32 Å². The van der Waals surface area contributed by atoms with Crippen molar-refractivity contribution in [3.63, 3.8) is 0 Å². The number of rotatable bonds is 4. The SMILES string of the molecule is COC(=O)[C@](C)(NC(=O)[C@H]1OCC[C@H]1C)C1CC1. The van der Waals surface area contributed by atoms with Crippen LogP contribution in [0.15, 0.2) is 0 Å². The Morgan fingerprint density at radius 1 is 1.33 bits per heavy atom. The summed E-state index contributed by atoms with van der Waals surface area (Å²) in [5.41, 5.74) is -0.905. The Hall–Kier alpha value is -1.10. The molecule has 1 heterocycles. The normalized spacial score (nSPS) is 30.6. The highest BCUT2D eigenvalue weighted by atomic mass is 16.5. The van der Waals surface area contributed by atoms with Gasteiger partial charge in [-0.15, -0.1) is 0 Å². The molecule has 1 aliphatic carbocycles. The Morgan fingerprint density at radius 3 is 2.44 bits per heavy atom. The Bertz CT molecular complexity index is 353. The fourth-order valence-electron chi connectivity index (χ4n) is 2.55. The highest BCUT2D eigenvalue weighted by Gasteiger charge is 2.50. The average molecular weight is 255 g/mol. The van der Waals surface area contributed by atoms with E-state index in [1.54, 1.807) is 6.92 Å². The molecule has 0 aromatic carbocycles. The highest BCUT2D eigenvalue weighted by Crippen LogP contribution is 2.40. The van der Waals surface area contributed by atoms with Gasteiger partial charge in [-0.1, -0.05) is 6.92 Å². The Morgan fingerprint density at radius 2 is 2.00 bits per heavy atom. The quantitative estimate of drug-likeness (QED) is 0.757. The summed E-state index contributed by atoms with van der Waals surface area (Å²) in [4.78, 5) is 24.0. The number of ether oxygens (including phenoxy) is 2. The van der Waals surface area contributed by atoms with Gasteiger partial charge in [0.15, 0.2) is 0 Å². The lowest BCUT2D eigenvalue weighted by molar-refractivity contribution is -0.153. The molecule has 18 heavy (non-hydrogen) atoms. The van der Waals surface area contributed by atoms with Crippen molar-refractivity contribution in [3.8, 4) is 0 Å². The predicted octanol–water partition coefficient (Wildman–Crippen LogP) is 0.869. The monoisotopic (exact) mass is 255 g/mol. The van der Waals surface area contributed by atoms with Crippen LogP contribution in [0, 0.1) is 11.8 Å². The van der Waals surface area contributed by atoms with Crippen LogP contribution in [0.5, 0.6) is 0 Å². The predicted molar refractivity (Wildman–Crippen MR) is 64.8 cm³/mol. The molecule has 1 N–H and O–H groups in total. The number of hydrogen-bond donors (Lipinski definition) is 1. The summed E-state index contributed by atoms with van der Waals surface area (Å²) in [7, 11) is 1.35. The van der Waals surface area contributed by atoms with Crippen LogP contribution in [0.2, 0.25) is 0 Å². The maximum Gasteiger partial charge on any atom is 0.331 e. The molecule has 0 aromatic rings. The lowest BCUT2D eigenvalue weighted by Gasteiger charge is -2.29. The summed E-state index contributed by atoms with van der Waals surface area (Å²) in [6, 6.07) is 0. The molecule has 1 saturated carbocycles. The standard InChI is InChI=1S/C13H21NO4/c1-8-6-7-18-10(8)11(15)14-13(2,9-4-5-9)12(16)17-3/h8-10H,4-7H2,1-3H3,(H,14,15)/t8-,10+,13-/m1/s1. The largest absolute Gasteiger partial charge is 0.467 e. The summed E-state index contributed by atoms with van der Waals surface area (Å²) >= 11 is 0. The van der Waals surface area contributed by atoms with Crippen molar-refractivity contribution in [2.45, 2.75) is 44.8 Å². The van der Waals surface area contributed by atoms with E-state index in [1.807, 2.05) is 6.92 Å². The first kappa shape index (κ1) is 13.3. The van der Waals surface area contributed by atoms with Crippen LogP contribution >= 0.6 is 0 Å². The summed E-state index contributed by atoms with van der Waals surface area (Å²) < 4.78 is 10.2. The van der Waals surface area contributed by atoms with Crippen LogP contribution in [0.25, 0.3) is 0 Å². The van der Waals surface area contributed by atoms with Gasteiger partial charge >= 0.3 is 5.97 Å². The van der Waals surface area contributed by atoms with Gasteiger partial charge in [-0.2, -0.15) is 0 Å². The molecule has 102 valence electrons. The molecule has 0 aromatic heterocycles. The first-order chi connectivity index (χ1) is 8.49. The molecule has 3 atom stereocenters. The van der Waals surface area contributed by atoms with Crippen LogP contribution in [0.1, 0.15) is 33.1 Å². The van der Waals surface area contributed by atoms with Gasteiger partial charge in [0.1, 0.15) is 11.6 Å². The molecule has 1 saturated heterocycles. The van der Waals surface area contributed by atoms with Crippen molar-refractivity contribution in [2.24, 2.45) is 11.8 Å². The molecule has 2 fully saturated rings. The van der Waals surface area contributed by atoms with E-state index in [9.17, 15) is 9.59 Å². The number of amides is 1. The van der Waals surface area contributed by atoms with Crippen molar-refractivity contribution >= 4 is 11.9 Å². The van der Waals surface area contributed by atoms with Crippen molar-refractivity contribution < 1.29 is 19.1 Å². The Balaban J connectivity index is 2.05. The van der Waals surface area contributed by atoms with Crippen molar-refractivity contribution in [1.29, 1.82) is 0 Å². The summed E-state index contributed by atoms with van der Waals surface area (Å²) in [5.74, 6) is -0.180. The van der Waals surface area contributed by atoms with E-state index >= 15 is 0 Å². The first-order valence-corrected chi connectivity index (χ1v) is 6.51. The molecule has 5 heteroatoms. The number of carbonyl (C=O) groups is 2. The van der Waals surface area contributed by atoms with Crippen LogP contribution in [-0.4, -0.2) is 37.2 Å². The molecule has 2 rings (SSSR count). The Kier molecular flexibility index (Phi) is 3.61. The summed E-state index contributed by atoms with van der Waals surface area (Å²) in [6.07, 6.45) is 2.35. The summed E-state index contributed by atoms with van der Waals surface area (Å²) in [5, 5.41) is 2.84. The second kappa shape index (κ2) is 4.88. The van der Waals surface area contributed by atoms with E-state index in [1.165, 1.54) is 7.11 Å². The van der Waals surface area contributed by atoms with Gasteiger partial charge in [0, 0.05) is 6.61 Å². The second-order valence-electron chi connectivity index (χ2n) is 5.51. The zero-order valence-electron chi connectivity index (χ0n) is 11.2. The van der Waals surface area contributed by atoms with E-state index in [0.29, 0.717) is 6.61 Å². The van der Waals surface area contributed by atoms with Crippen molar-refractivity contribution in [2.75, 3.05) is 13.7 Å². The third-order valence-electron chi connectivity index (χ3n) is 4.03. The highest BCUT2D eigenvalue weighted by molar-refractivity contribution is 5.90. The van der Waals surface area contributed by atoms with Crippen molar-refractivity contribution in [1.82, 2.24) is 5.32 Å². The van der Waals surface area contributed by atoms with Crippen LogP contribution in [0.3, 0.4) is 0 Å². The molecule has 0 bridgehead atoms. The third-order valence-corrected chi connectivity index (χ3v) is 4.03. The van der Waals surface area contributed by atoms with Gasteiger partial charge in [0.25, 0.3) is 0 Å². The minimum atomic E-state index is -0.905. The molecule has 0 spiro atoms. The van der Waals surface area contributed by atoms with Crippen molar-refractivity contribution in [3.05, 3.63) is 0 Å². The fourth-order valence-corrected chi connectivity index (χ4v) is 2.55. The molecule has 0 radical (unpaired) electrons. The zero-order chi connectivity index (χ0) is 13.3. The third kappa shape index (κ3) is 2.36. The molecule has 1 amide bonds. The number of methoxy groups -OCH3 is 1. The number of carbonyl (C=O) groups excluding carboxylic acids is 2. The maximum atomic E-state index is 12.2. The molecule has 5 nitrogen and oxygen atoms in total. The van der Waals surface area contributed by atoms with Gasteiger partial charge in [-0.05, 0) is 38.0 Å². The van der Waals surface area contributed by atoms with E-state index in [-0.39, 0.29) is 23.7 Å². The molecular weight excluding hydrogens is 234 g/mol. The van der Waals surface area contributed by atoms with Crippen LogP contribution in [-0.2, 0) is 19.1 Å². The molecule has 0 unspecified atom stereocenters. The Labute approximate surface area is 107 Å². The average Bonchev–Trinajstić information content (AvgIpc) is 3.11. The van der Waals surface area contributed by atoms with Gasteiger partial charge in [0.2, 0.25) is 5.91 Å². The number of esters is 1. The van der Waals surface area contributed by atoms with Gasteiger partial charge in [-0.3, -0.25) is 4.79 Å². The minimum absolute atomic E-state index is 0.186. The zero-order valence-corrected chi connectivity index (χ0v) is 11.2. The van der Waals surface area contributed by atoms with Crippen LogP contribution in [0.4, 0.5) is 0 Å². The lowest BCUT2D eigenvalue weighted by atomic mass is 9.94. The van der Waals surface area contributed by atoms with Gasteiger partial charge in [-0.25, -0.2) is 4.79 Å². The summed E-state index contributed by atoms with van der Waals surface area (Å²) in [6.45, 7) is 4.34. The van der Waals surface area contributed by atoms with Gasteiger partial charge < -0.3 is 14.8 Å². The molecule has 1 aliphatic heterocycles. The fraction of sp³-hybridized carbons (Fsp3) is 0.846. The maximum absolute atomic E-state index is 12.2. The number of nitrogens with one attached hydrogen (secondary N) is 1. The smallest absolute Gasteiger partial charge is 0.331 e.